The number of sulfonamides is 1. The normalized spacial score (nSPS) is 11.5. The first-order valence-corrected chi connectivity index (χ1v) is 10.9. The predicted molar refractivity (Wildman–Crippen MR) is 114 cm³/mol. The SMILES string of the molecule is Cc1ccc(S(=O)(=O)N(C)Cc2ncc(C(=O)NCc3ccc(Cl)cc3)cn2)cc1. The standard InChI is InChI=1S/C21H21ClN4O3S/c1-15-3-9-19(10-4-15)30(28,29)26(2)14-20-23-12-17(13-24-20)21(27)25-11-16-5-7-18(22)8-6-16/h3-10,12-13H,11,14H2,1-2H3,(H,25,27). The van der Waals surface area contributed by atoms with Crippen molar-refractivity contribution in [3.8, 4) is 0 Å². The van der Waals surface area contributed by atoms with Gasteiger partial charge in [-0.25, -0.2) is 18.4 Å². The Morgan fingerprint density at radius 1 is 1.03 bits per heavy atom. The lowest BCUT2D eigenvalue weighted by Crippen LogP contribution is -2.28. The van der Waals surface area contributed by atoms with Crippen LogP contribution in [0.5, 0.6) is 0 Å². The molecule has 30 heavy (non-hydrogen) atoms. The number of amides is 1. The highest BCUT2D eigenvalue weighted by atomic mass is 35.5. The molecule has 1 aromatic heterocycles. The summed E-state index contributed by atoms with van der Waals surface area (Å²) in [6.45, 7) is 2.22. The first-order valence-electron chi connectivity index (χ1n) is 9.12. The average Bonchev–Trinajstić information content (AvgIpc) is 2.74. The molecule has 3 aromatic rings. The van der Waals surface area contributed by atoms with E-state index < -0.39 is 10.0 Å². The summed E-state index contributed by atoms with van der Waals surface area (Å²) < 4.78 is 26.5. The molecule has 1 N–H and O–H groups in total. The summed E-state index contributed by atoms with van der Waals surface area (Å²) in [5, 5.41) is 3.41. The topological polar surface area (TPSA) is 92.3 Å². The van der Waals surface area contributed by atoms with Crippen molar-refractivity contribution in [3.63, 3.8) is 0 Å². The smallest absolute Gasteiger partial charge is 0.254 e. The molecule has 0 bridgehead atoms. The highest BCUT2D eigenvalue weighted by molar-refractivity contribution is 7.89. The fraction of sp³-hybridized carbons (Fsp3) is 0.190. The lowest BCUT2D eigenvalue weighted by Gasteiger charge is -2.16. The lowest BCUT2D eigenvalue weighted by atomic mass is 10.2. The second-order valence-electron chi connectivity index (χ2n) is 6.77. The van der Waals surface area contributed by atoms with Crippen LogP contribution in [0.4, 0.5) is 0 Å². The van der Waals surface area contributed by atoms with Crippen LogP contribution in [0.2, 0.25) is 5.02 Å². The van der Waals surface area contributed by atoms with Crippen molar-refractivity contribution in [2.24, 2.45) is 0 Å². The second-order valence-corrected chi connectivity index (χ2v) is 9.25. The van der Waals surface area contributed by atoms with Crippen molar-refractivity contribution < 1.29 is 13.2 Å². The van der Waals surface area contributed by atoms with Gasteiger partial charge in [-0.1, -0.05) is 41.4 Å². The van der Waals surface area contributed by atoms with Crippen molar-refractivity contribution in [1.82, 2.24) is 19.6 Å². The summed E-state index contributed by atoms with van der Waals surface area (Å²) in [7, 11) is -2.19. The third-order valence-corrected chi connectivity index (χ3v) is 6.50. The van der Waals surface area contributed by atoms with Gasteiger partial charge in [0.25, 0.3) is 5.91 Å². The van der Waals surface area contributed by atoms with Gasteiger partial charge in [-0.2, -0.15) is 4.31 Å². The molecule has 156 valence electrons. The van der Waals surface area contributed by atoms with Crippen molar-refractivity contribution in [3.05, 3.63) is 88.5 Å². The summed E-state index contributed by atoms with van der Waals surface area (Å²) in [4.78, 5) is 20.7. The molecule has 0 fully saturated rings. The van der Waals surface area contributed by atoms with Gasteiger partial charge in [-0.15, -0.1) is 0 Å². The van der Waals surface area contributed by atoms with Gasteiger partial charge in [0, 0.05) is 31.0 Å². The molecule has 0 saturated heterocycles. The molecule has 1 heterocycles. The third kappa shape index (κ3) is 5.41. The number of hydrogen-bond acceptors (Lipinski definition) is 5. The number of benzene rings is 2. The van der Waals surface area contributed by atoms with Crippen LogP contribution in [-0.2, 0) is 23.1 Å². The minimum Gasteiger partial charge on any atom is -0.348 e. The van der Waals surface area contributed by atoms with E-state index in [-0.39, 0.29) is 22.9 Å². The fourth-order valence-electron chi connectivity index (χ4n) is 2.61. The molecule has 0 aliphatic carbocycles. The Kier molecular flexibility index (Phi) is 6.81. The summed E-state index contributed by atoms with van der Waals surface area (Å²) in [6.07, 6.45) is 2.76. The molecule has 0 spiro atoms. The quantitative estimate of drug-likeness (QED) is 0.604. The number of nitrogens with one attached hydrogen (secondary N) is 1. The van der Waals surface area contributed by atoms with Crippen LogP contribution in [0.1, 0.15) is 27.3 Å². The Hall–Kier alpha value is -2.81. The molecule has 3 rings (SSSR count). The Balaban J connectivity index is 1.61. The van der Waals surface area contributed by atoms with E-state index in [0.29, 0.717) is 17.4 Å². The summed E-state index contributed by atoms with van der Waals surface area (Å²) in [5.74, 6) is -0.0282. The maximum atomic E-state index is 12.7. The summed E-state index contributed by atoms with van der Waals surface area (Å²) >= 11 is 5.85. The number of halogens is 1. The van der Waals surface area contributed by atoms with Gasteiger partial charge < -0.3 is 5.32 Å². The van der Waals surface area contributed by atoms with Crippen LogP contribution >= 0.6 is 11.6 Å². The molecule has 0 aliphatic rings. The average molecular weight is 445 g/mol. The van der Waals surface area contributed by atoms with Crippen molar-refractivity contribution in [2.45, 2.75) is 24.9 Å². The van der Waals surface area contributed by atoms with Gasteiger partial charge in [0.1, 0.15) is 5.82 Å². The van der Waals surface area contributed by atoms with Crippen molar-refractivity contribution in [2.75, 3.05) is 7.05 Å². The van der Waals surface area contributed by atoms with Gasteiger partial charge >= 0.3 is 0 Å². The monoisotopic (exact) mass is 444 g/mol. The first kappa shape index (κ1) is 21.9. The predicted octanol–water partition coefficient (Wildman–Crippen LogP) is 3.19. The van der Waals surface area contributed by atoms with E-state index in [4.69, 9.17) is 11.6 Å². The molecular formula is C21H21ClN4O3S. The van der Waals surface area contributed by atoms with E-state index in [9.17, 15) is 13.2 Å². The van der Waals surface area contributed by atoms with Gasteiger partial charge in [0.2, 0.25) is 10.0 Å². The van der Waals surface area contributed by atoms with E-state index in [2.05, 4.69) is 15.3 Å². The zero-order chi connectivity index (χ0) is 21.7. The zero-order valence-electron chi connectivity index (χ0n) is 16.5. The van der Waals surface area contributed by atoms with Gasteiger partial charge in [0.05, 0.1) is 17.0 Å². The molecule has 0 unspecified atom stereocenters. The van der Waals surface area contributed by atoms with Crippen molar-refractivity contribution >= 4 is 27.5 Å². The molecule has 0 aliphatic heterocycles. The van der Waals surface area contributed by atoms with Crippen molar-refractivity contribution in [1.29, 1.82) is 0 Å². The third-order valence-electron chi connectivity index (χ3n) is 4.43. The maximum Gasteiger partial charge on any atom is 0.254 e. The highest BCUT2D eigenvalue weighted by Crippen LogP contribution is 2.16. The Bertz CT molecular complexity index is 1120. The van der Waals surface area contributed by atoms with Crippen LogP contribution in [0.3, 0.4) is 0 Å². The van der Waals surface area contributed by atoms with Gasteiger partial charge in [-0.05, 0) is 36.8 Å². The molecule has 1 amide bonds. The molecule has 7 nitrogen and oxygen atoms in total. The molecule has 0 radical (unpaired) electrons. The Morgan fingerprint density at radius 2 is 1.63 bits per heavy atom. The molecule has 0 atom stereocenters. The number of aryl methyl sites for hydroxylation is 1. The molecule has 0 saturated carbocycles. The van der Waals surface area contributed by atoms with Crippen LogP contribution in [0.15, 0.2) is 65.8 Å². The van der Waals surface area contributed by atoms with Crippen LogP contribution < -0.4 is 5.32 Å². The number of nitrogens with zero attached hydrogens (tertiary/aromatic N) is 3. The fourth-order valence-corrected chi connectivity index (χ4v) is 3.87. The van der Waals surface area contributed by atoms with E-state index in [0.717, 1.165) is 11.1 Å². The molecular weight excluding hydrogens is 424 g/mol. The minimum atomic E-state index is -3.66. The Morgan fingerprint density at radius 3 is 2.23 bits per heavy atom. The van der Waals surface area contributed by atoms with E-state index >= 15 is 0 Å². The van der Waals surface area contributed by atoms with E-state index in [1.807, 2.05) is 19.1 Å². The summed E-state index contributed by atoms with van der Waals surface area (Å²) in [6, 6.07) is 13.8. The number of carbonyl (C=O) groups excluding carboxylic acids is 1. The van der Waals surface area contributed by atoms with E-state index in [1.54, 1.807) is 36.4 Å². The molecule has 2 aromatic carbocycles. The number of rotatable bonds is 7. The number of aromatic nitrogens is 2. The van der Waals surface area contributed by atoms with E-state index in [1.165, 1.54) is 23.7 Å². The van der Waals surface area contributed by atoms with Gasteiger partial charge in [-0.3, -0.25) is 4.79 Å². The Labute approximate surface area is 180 Å². The van der Waals surface area contributed by atoms with Crippen LogP contribution in [-0.4, -0.2) is 35.6 Å². The zero-order valence-corrected chi connectivity index (χ0v) is 18.1. The maximum absolute atomic E-state index is 12.7. The first-order chi connectivity index (χ1) is 14.3. The highest BCUT2D eigenvalue weighted by Gasteiger charge is 2.21. The largest absolute Gasteiger partial charge is 0.348 e. The van der Waals surface area contributed by atoms with Gasteiger partial charge in [0.15, 0.2) is 0 Å². The number of hydrogen-bond donors (Lipinski definition) is 1. The second kappa shape index (κ2) is 9.34. The van der Waals surface area contributed by atoms with Crippen LogP contribution in [0, 0.1) is 6.92 Å². The molecule has 9 heteroatoms. The number of carbonyl (C=O) groups is 1. The minimum absolute atomic E-state index is 0.0110. The van der Waals surface area contributed by atoms with Crippen LogP contribution in [0.25, 0.3) is 0 Å². The summed E-state index contributed by atoms with van der Waals surface area (Å²) in [5.41, 5.74) is 2.18. The lowest BCUT2D eigenvalue weighted by molar-refractivity contribution is 0.0950.